The monoisotopic (exact) mass is 521 g/mol. The minimum atomic E-state index is -1.15. The third kappa shape index (κ3) is 5.08. The number of nitrogens with zero attached hydrogens (tertiary/aromatic N) is 4. The molecule has 10 heteroatoms. The molecule has 1 unspecified atom stereocenters. The SMILES string of the molecule is CC1(COc2c(N3CCN(S(=O)Cc4ccc5c(c4)OCN5)CC3)cnn(-c3ccccc3)c2=O)CC1. The first kappa shape index (κ1) is 24.0. The summed E-state index contributed by atoms with van der Waals surface area (Å²) >= 11 is 0. The molecule has 1 N–H and O–H groups in total. The van der Waals surface area contributed by atoms with Gasteiger partial charge in [-0.2, -0.15) is 9.78 Å². The maximum absolute atomic E-state index is 13.5. The Morgan fingerprint density at radius 1 is 1.11 bits per heavy atom. The number of ether oxygens (including phenoxy) is 2. The molecule has 2 aromatic carbocycles. The van der Waals surface area contributed by atoms with Crippen LogP contribution in [0.3, 0.4) is 0 Å². The number of para-hydroxylation sites is 1. The molecule has 9 nitrogen and oxygen atoms in total. The van der Waals surface area contributed by atoms with E-state index in [1.807, 2.05) is 52.8 Å². The van der Waals surface area contributed by atoms with E-state index in [2.05, 4.69) is 22.2 Å². The summed E-state index contributed by atoms with van der Waals surface area (Å²) in [6.45, 7) is 5.67. The summed E-state index contributed by atoms with van der Waals surface area (Å²) in [6.07, 6.45) is 3.94. The Hall–Kier alpha value is -3.37. The van der Waals surface area contributed by atoms with E-state index < -0.39 is 11.0 Å². The fourth-order valence-corrected chi connectivity index (χ4v) is 5.85. The predicted octanol–water partition coefficient (Wildman–Crippen LogP) is 3.16. The fraction of sp³-hybridized carbons (Fsp3) is 0.407. The van der Waals surface area contributed by atoms with E-state index in [9.17, 15) is 9.00 Å². The number of piperazine rings is 1. The maximum atomic E-state index is 13.5. The van der Waals surface area contributed by atoms with E-state index in [4.69, 9.17) is 9.47 Å². The Balaban J connectivity index is 1.17. The van der Waals surface area contributed by atoms with Crippen LogP contribution in [0.4, 0.5) is 11.4 Å². The Labute approximate surface area is 218 Å². The second-order valence-corrected chi connectivity index (χ2v) is 11.6. The number of fused-ring (bicyclic) bond motifs is 1. The molecular weight excluding hydrogens is 490 g/mol. The molecular formula is C27H31N5O4S. The normalized spacial score (nSPS) is 19.0. The van der Waals surface area contributed by atoms with Crippen molar-refractivity contribution in [1.82, 2.24) is 14.1 Å². The van der Waals surface area contributed by atoms with Crippen molar-refractivity contribution in [1.29, 1.82) is 0 Å². The van der Waals surface area contributed by atoms with Gasteiger partial charge in [-0.05, 0) is 42.7 Å². The molecule has 1 saturated heterocycles. The molecule has 3 aromatic rings. The minimum absolute atomic E-state index is 0.138. The summed E-state index contributed by atoms with van der Waals surface area (Å²) in [4.78, 5) is 15.6. The molecule has 37 heavy (non-hydrogen) atoms. The van der Waals surface area contributed by atoms with Gasteiger partial charge in [-0.1, -0.05) is 31.2 Å². The molecule has 3 heterocycles. The van der Waals surface area contributed by atoms with E-state index in [0.717, 1.165) is 29.8 Å². The highest BCUT2D eigenvalue weighted by Crippen LogP contribution is 2.45. The largest absolute Gasteiger partial charge is 0.486 e. The van der Waals surface area contributed by atoms with Crippen LogP contribution in [0.1, 0.15) is 25.3 Å². The molecule has 1 atom stereocenters. The summed E-state index contributed by atoms with van der Waals surface area (Å²) in [5.41, 5.74) is 3.25. The lowest BCUT2D eigenvalue weighted by atomic mass is 10.2. The Kier molecular flexibility index (Phi) is 6.37. The lowest BCUT2D eigenvalue weighted by molar-refractivity contribution is 0.242. The summed E-state index contributed by atoms with van der Waals surface area (Å²) in [5, 5.41) is 7.63. The molecule has 0 radical (unpaired) electrons. The van der Waals surface area contributed by atoms with E-state index >= 15 is 0 Å². The van der Waals surface area contributed by atoms with Crippen molar-refractivity contribution < 1.29 is 13.7 Å². The number of benzene rings is 2. The third-order valence-electron chi connectivity index (χ3n) is 7.28. The van der Waals surface area contributed by atoms with Gasteiger partial charge in [0.05, 0.1) is 40.9 Å². The molecule has 1 aromatic heterocycles. The average molecular weight is 522 g/mol. The van der Waals surface area contributed by atoms with Crippen LogP contribution in [0.5, 0.6) is 11.5 Å². The van der Waals surface area contributed by atoms with Gasteiger partial charge in [-0.25, -0.2) is 8.51 Å². The number of rotatable bonds is 8. The fourth-order valence-electron chi connectivity index (χ4n) is 4.63. The Bertz CT molecular complexity index is 1370. The van der Waals surface area contributed by atoms with E-state index in [1.54, 1.807) is 6.20 Å². The Morgan fingerprint density at radius 2 is 1.89 bits per heavy atom. The van der Waals surface area contributed by atoms with Gasteiger partial charge in [0.1, 0.15) is 11.4 Å². The summed E-state index contributed by atoms with van der Waals surface area (Å²) in [7, 11) is -1.15. The lowest BCUT2D eigenvalue weighted by Crippen LogP contribution is -2.47. The maximum Gasteiger partial charge on any atom is 0.316 e. The van der Waals surface area contributed by atoms with Gasteiger partial charge < -0.3 is 19.7 Å². The molecule has 2 fully saturated rings. The zero-order valence-electron chi connectivity index (χ0n) is 20.9. The molecule has 1 aliphatic carbocycles. The quantitative estimate of drug-likeness (QED) is 0.487. The van der Waals surface area contributed by atoms with Gasteiger partial charge in [-0.3, -0.25) is 4.79 Å². The average Bonchev–Trinajstić information content (AvgIpc) is 3.47. The minimum Gasteiger partial charge on any atom is -0.486 e. The third-order valence-corrected chi connectivity index (χ3v) is 8.80. The molecule has 3 aliphatic rings. The second-order valence-electron chi connectivity index (χ2n) is 10.2. The van der Waals surface area contributed by atoms with Crippen molar-refractivity contribution in [2.45, 2.75) is 25.5 Å². The number of hydrogen-bond donors (Lipinski definition) is 1. The smallest absolute Gasteiger partial charge is 0.316 e. The van der Waals surface area contributed by atoms with Crippen molar-refractivity contribution in [2.75, 3.05) is 49.7 Å². The van der Waals surface area contributed by atoms with E-state index in [1.165, 1.54) is 4.68 Å². The van der Waals surface area contributed by atoms with Crippen LogP contribution in [0, 0.1) is 5.41 Å². The first-order chi connectivity index (χ1) is 18.0. The van der Waals surface area contributed by atoms with Gasteiger partial charge >= 0.3 is 5.56 Å². The van der Waals surface area contributed by atoms with Crippen LogP contribution in [0.2, 0.25) is 0 Å². The predicted molar refractivity (Wildman–Crippen MR) is 144 cm³/mol. The highest BCUT2D eigenvalue weighted by molar-refractivity contribution is 7.81. The zero-order chi connectivity index (χ0) is 25.4. The topological polar surface area (TPSA) is 88.9 Å². The van der Waals surface area contributed by atoms with E-state index in [-0.39, 0.29) is 11.0 Å². The number of anilines is 2. The standard InChI is InChI=1S/C27H31N5O4S/c1-27(9-10-27)18-35-25-23(16-29-32(26(25)33)21-5-3-2-4-6-21)30-11-13-31(14-12-30)37(34)17-20-7-8-22-24(15-20)36-19-28-22/h2-8,15-16,28H,9-14,17-19H2,1H3. The van der Waals surface area contributed by atoms with Crippen LogP contribution in [-0.2, 0) is 16.7 Å². The number of aromatic nitrogens is 2. The van der Waals surface area contributed by atoms with Crippen molar-refractivity contribution in [2.24, 2.45) is 5.41 Å². The number of hydrogen-bond acceptors (Lipinski definition) is 7. The van der Waals surface area contributed by atoms with Crippen LogP contribution < -0.4 is 25.2 Å². The van der Waals surface area contributed by atoms with Crippen LogP contribution >= 0.6 is 0 Å². The summed E-state index contributed by atoms with van der Waals surface area (Å²) in [5.74, 6) is 1.59. The van der Waals surface area contributed by atoms with E-state index in [0.29, 0.717) is 62.4 Å². The zero-order valence-corrected chi connectivity index (χ0v) is 21.7. The summed E-state index contributed by atoms with van der Waals surface area (Å²) in [6, 6.07) is 15.3. The summed E-state index contributed by atoms with van der Waals surface area (Å²) < 4.78 is 28.3. The van der Waals surface area contributed by atoms with Crippen molar-refractivity contribution in [3.63, 3.8) is 0 Å². The van der Waals surface area contributed by atoms with Crippen molar-refractivity contribution in [3.8, 4) is 17.2 Å². The first-order valence-corrected chi connectivity index (χ1v) is 14.0. The van der Waals surface area contributed by atoms with Gasteiger partial charge in [0.2, 0.25) is 5.75 Å². The van der Waals surface area contributed by atoms with Crippen LogP contribution in [0.25, 0.3) is 5.69 Å². The molecule has 0 bridgehead atoms. The van der Waals surface area contributed by atoms with Gasteiger partial charge in [-0.15, -0.1) is 0 Å². The molecule has 6 rings (SSSR count). The highest BCUT2D eigenvalue weighted by atomic mass is 32.2. The van der Waals surface area contributed by atoms with Gasteiger partial charge in [0, 0.05) is 31.6 Å². The molecule has 0 amide bonds. The first-order valence-electron chi connectivity index (χ1n) is 12.7. The van der Waals surface area contributed by atoms with Gasteiger partial charge in [0.25, 0.3) is 0 Å². The molecule has 1 saturated carbocycles. The van der Waals surface area contributed by atoms with Crippen LogP contribution in [-0.4, -0.2) is 57.8 Å². The van der Waals surface area contributed by atoms with Crippen molar-refractivity contribution >= 4 is 22.4 Å². The lowest BCUT2D eigenvalue weighted by Gasteiger charge is -2.35. The Morgan fingerprint density at radius 3 is 2.65 bits per heavy atom. The number of nitrogens with one attached hydrogen (secondary N) is 1. The van der Waals surface area contributed by atoms with Crippen molar-refractivity contribution in [3.05, 3.63) is 70.6 Å². The van der Waals surface area contributed by atoms with Crippen LogP contribution in [0.15, 0.2) is 59.5 Å². The second kappa shape index (κ2) is 9.83. The highest BCUT2D eigenvalue weighted by Gasteiger charge is 2.39. The molecule has 2 aliphatic heterocycles. The molecule has 194 valence electrons. The molecule has 0 spiro atoms. The van der Waals surface area contributed by atoms with Gasteiger partial charge in [0.15, 0.2) is 6.73 Å².